The molecule has 1 aliphatic carbocycles. The van der Waals surface area contributed by atoms with Crippen LogP contribution in [0.1, 0.15) is 46.5 Å². The predicted octanol–water partition coefficient (Wildman–Crippen LogP) is 2.46. The van der Waals surface area contributed by atoms with Crippen LogP contribution in [0.15, 0.2) is 35.5 Å². The largest absolute Gasteiger partial charge is 0.455 e. The number of carbonyl (C=O) groups is 3. The summed E-state index contributed by atoms with van der Waals surface area (Å²) < 4.78 is 10.8. The Hall–Kier alpha value is -2.05. The van der Waals surface area contributed by atoms with Gasteiger partial charge in [-0.2, -0.15) is 0 Å². The van der Waals surface area contributed by atoms with E-state index in [1.54, 1.807) is 19.9 Å². The summed E-state index contributed by atoms with van der Waals surface area (Å²) in [5, 5.41) is 10.4. The Bertz CT molecular complexity index is 687. The summed E-state index contributed by atoms with van der Waals surface area (Å²) >= 11 is 0. The lowest BCUT2D eigenvalue weighted by Crippen LogP contribution is -2.28. The van der Waals surface area contributed by atoms with Gasteiger partial charge in [0.25, 0.3) is 0 Å². The highest BCUT2D eigenvalue weighted by molar-refractivity contribution is 5.97. The summed E-state index contributed by atoms with van der Waals surface area (Å²) in [7, 11) is 0. The number of aliphatic hydroxyl groups is 1. The van der Waals surface area contributed by atoms with Crippen LogP contribution in [0.5, 0.6) is 0 Å². The maximum atomic E-state index is 12.5. The van der Waals surface area contributed by atoms with E-state index in [0.717, 1.165) is 5.57 Å². The monoisotopic (exact) mass is 376 g/mol. The first-order valence-electron chi connectivity index (χ1n) is 9.31. The first-order chi connectivity index (χ1) is 12.7. The Balaban J connectivity index is 2.36. The lowest BCUT2D eigenvalue weighted by molar-refractivity contribution is -0.139. The second kappa shape index (κ2) is 9.24. The zero-order valence-electron chi connectivity index (χ0n) is 16.2. The molecule has 2 rings (SSSR count). The second-order valence-electron chi connectivity index (χ2n) is 7.32. The summed E-state index contributed by atoms with van der Waals surface area (Å²) in [6, 6.07) is 0. The summed E-state index contributed by atoms with van der Waals surface area (Å²) in [5.41, 5.74) is 1.67. The molecular formula is C21H28O6. The standard InChI is InChI=1S/C21H28O6/c1-5-26-18-11-15(22)10-14(12(2)3)6-7-16-20(24)19(27-21(16)25)9-13(4)8-17(18)23/h7-8,14,18-20,24H,2,5-6,9-11H2,1,3-4H3/b13-8-,16-7-/t14-,18-,19+,20-/m0/s1. The minimum Gasteiger partial charge on any atom is -0.455 e. The molecule has 1 heterocycles. The number of hydrogen-bond donors (Lipinski definition) is 1. The molecule has 1 fully saturated rings. The molecule has 27 heavy (non-hydrogen) atoms. The molecule has 0 aromatic heterocycles. The highest BCUT2D eigenvalue weighted by Gasteiger charge is 2.38. The number of Topliss-reactive ketones (excluding diaryl/α,β-unsaturated/α-hetero) is 1. The Kier molecular flexibility index (Phi) is 7.27. The van der Waals surface area contributed by atoms with Crippen molar-refractivity contribution in [3.05, 3.63) is 35.5 Å². The Labute approximate surface area is 159 Å². The van der Waals surface area contributed by atoms with E-state index in [4.69, 9.17) is 9.47 Å². The fourth-order valence-electron chi connectivity index (χ4n) is 3.40. The molecule has 1 N–H and O–H groups in total. The van der Waals surface area contributed by atoms with Crippen LogP contribution in [-0.4, -0.2) is 47.6 Å². The summed E-state index contributed by atoms with van der Waals surface area (Å²) in [6.45, 7) is 9.58. The van der Waals surface area contributed by atoms with Crippen LogP contribution in [0.3, 0.4) is 0 Å². The molecule has 0 amide bonds. The normalized spacial score (nSPS) is 34.1. The lowest BCUT2D eigenvalue weighted by atomic mass is 9.88. The summed E-state index contributed by atoms with van der Waals surface area (Å²) in [4.78, 5) is 37.2. The van der Waals surface area contributed by atoms with E-state index in [2.05, 4.69) is 6.58 Å². The van der Waals surface area contributed by atoms with E-state index in [9.17, 15) is 19.5 Å². The highest BCUT2D eigenvalue weighted by atomic mass is 16.6. The van der Waals surface area contributed by atoms with Crippen LogP contribution in [-0.2, 0) is 23.9 Å². The van der Waals surface area contributed by atoms with Crippen LogP contribution in [0, 0.1) is 5.92 Å². The number of aliphatic hydroxyl groups excluding tert-OH is 1. The number of carbonyl (C=O) groups excluding carboxylic acids is 3. The van der Waals surface area contributed by atoms with Crippen molar-refractivity contribution in [3.8, 4) is 0 Å². The zero-order valence-corrected chi connectivity index (χ0v) is 16.2. The molecule has 1 saturated heterocycles. The van der Waals surface area contributed by atoms with Crippen molar-refractivity contribution in [1.29, 1.82) is 0 Å². The molecule has 0 saturated carbocycles. The quantitative estimate of drug-likeness (QED) is 0.601. The van der Waals surface area contributed by atoms with Crippen molar-refractivity contribution < 1.29 is 29.0 Å². The molecular weight excluding hydrogens is 348 g/mol. The van der Waals surface area contributed by atoms with Gasteiger partial charge in [0.2, 0.25) is 0 Å². The van der Waals surface area contributed by atoms with Gasteiger partial charge in [-0.3, -0.25) is 9.59 Å². The van der Waals surface area contributed by atoms with E-state index in [1.165, 1.54) is 6.08 Å². The first kappa shape index (κ1) is 21.3. The van der Waals surface area contributed by atoms with Gasteiger partial charge in [-0.25, -0.2) is 4.79 Å². The molecule has 1 aliphatic heterocycles. The first-order valence-corrected chi connectivity index (χ1v) is 9.31. The molecule has 6 nitrogen and oxygen atoms in total. The fraction of sp³-hybridized carbons (Fsp3) is 0.571. The molecule has 2 aliphatic rings. The molecule has 0 spiro atoms. The molecule has 148 valence electrons. The molecule has 6 heteroatoms. The smallest absolute Gasteiger partial charge is 0.336 e. The average Bonchev–Trinajstić information content (AvgIpc) is 2.83. The van der Waals surface area contributed by atoms with E-state index < -0.39 is 24.3 Å². The van der Waals surface area contributed by atoms with Gasteiger partial charge in [0.15, 0.2) is 5.78 Å². The summed E-state index contributed by atoms with van der Waals surface area (Å²) in [5.74, 6) is -1.12. The number of ketones is 2. The van der Waals surface area contributed by atoms with Gasteiger partial charge >= 0.3 is 5.97 Å². The Morgan fingerprint density at radius 1 is 1.30 bits per heavy atom. The molecule has 2 bridgehead atoms. The van der Waals surface area contributed by atoms with Crippen LogP contribution >= 0.6 is 0 Å². The van der Waals surface area contributed by atoms with Crippen molar-refractivity contribution in [2.45, 2.75) is 64.8 Å². The molecule has 0 unspecified atom stereocenters. The number of rotatable bonds is 3. The van der Waals surface area contributed by atoms with Crippen LogP contribution in [0.25, 0.3) is 0 Å². The van der Waals surface area contributed by atoms with Gasteiger partial charge in [-0.05, 0) is 39.2 Å². The topological polar surface area (TPSA) is 89.9 Å². The second-order valence-corrected chi connectivity index (χ2v) is 7.32. The number of allylic oxidation sites excluding steroid dienone is 2. The number of esters is 1. The highest BCUT2D eigenvalue weighted by Crippen LogP contribution is 2.29. The summed E-state index contributed by atoms with van der Waals surface area (Å²) in [6.07, 6.45) is 1.32. The van der Waals surface area contributed by atoms with Crippen LogP contribution < -0.4 is 0 Å². The maximum absolute atomic E-state index is 12.5. The average molecular weight is 376 g/mol. The van der Waals surface area contributed by atoms with Crippen molar-refractivity contribution in [2.24, 2.45) is 5.92 Å². The van der Waals surface area contributed by atoms with Crippen LogP contribution in [0.4, 0.5) is 0 Å². The minimum absolute atomic E-state index is 0.0122. The molecule has 4 atom stereocenters. The van der Waals surface area contributed by atoms with Gasteiger partial charge in [-0.1, -0.05) is 23.8 Å². The van der Waals surface area contributed by atoms with E-state index >= 15 is 0 Å². The Morgan fingerprint density at radius 3 is 2.63 bits per heavy atom. The number of ether oxygens (including phenoxy) is 2. The van der Waals surface area contributed by atoms with Gasteiger partial charge in [0, 0.05) is 25.9 Å². The van der Waals surface area contributed by atoms with Crippen molar-refractivity contribution >= 4 is 17.5 Å². The van der Waals surface area contributed by atoms with Crippen molar-refractivity contribution in [2.75, 3.05) is 6.61 Å². The Morgan fingerprint density at radius 2 is 2.00 bits per heavy atom. The van der Waals surface area contributed by atoms with Crippen molar-refractivity contribution in [1.82, 2.24) is 0 Å². The van der Waals surface area contributed by atoms with Gasteiger partial charge in [-0.15, -0.1) is 0 Å². The zero-order chi connectivity index (χ0) is 20.1. The minimum atomic E-state index is -1.05. The molecule has 0 aromatic rings. The van der Waals surface area contributed by atoms with Gasteiger partial charge in [0.05, 0.1) is 5.57 Å². The van der Waals surface area contributed by atoms with E-state index in [-0.39, 0.29) is 42.3 Å². The van der Waals surface area contributed by atoms with Crippen LogP contribution in [0.2, 0.25) is 0 Å². The number of fused-ring (bicyclic) bond motifs is 2. The van der Waals surface area contributed by atoms with Crippen molar-refractivity contribution in [3.63, 3.8) is 0 Å². The fourth-order valence-corrected chi connectivity index (χ4v) is 3.40. The predicted molar refractivity (Wildman–Crippen MR) is 99.9 cm³/mol. The molecule has 0 radical (unpaired) electrons. The van der Waals surface area contributed by atoms with Gasteiger partial charge < -0.3 is 14.6 Å². The maximum Gasteiger partial charge on any atom is 0.336 e. The van der Waals surface area contributed by atoms with Gasteiger partial charge in [0.1, 0.15) is 24.1 Å². The lowest BCUT2D eigenvalue weighted by Gasteiger charge is -2.19. The SMILES string of the molecule is C=C(C)[C@H]1C/C=C2\C(=O)O[C@H](C/C(C)=C\C(=O)[C@@H](OCC)CC(=O)C1)[C@H]2O. The third-order valence-corrected chi connectivity index (χ3v) is 4.97. The molecule has 0 aromatic carbocycles. The number of hydrogen-bond acceptors (Lipinski definition) is 6. The third kappa shape index (κ3) is 5.47. The third-order valence-electron chi connectivity index (χ3n) is 4.97. The van der Waals surface area contributed by atoms with E-state index in [0.29, 0.717) is 18.6 Å². The van der Waals surface area contributed by atoms with E-state index in [1.807, 2.05) is 6.92 Å².